The highest BCUT2D eigenvalue weighted by molar-refractivity contribution is 7.13. The van der Waals surface area contributed by atoms with E-state index in [1.165, 1.54) is 37.0 Å². The van der Waals surface area contributed by atoms with Gasteiger partial charge in [-0.2, -0.15) is 0 Å². The number of carbonyl (C=O) groups excluding carboxylic acids is 1. The Labute approximate surface area is 149 Å². The highest BCUT2D eigenvalue weighted by Gasteiger charge is 2.12. The van der Waals surface area contributed by atoms with Crippen LogP contribution in [0.15, 0.2) is 5.38 Å². The van der Waals surface area contributed by atoms with Gasteiger partial charge >= 0.3 is 0 Å². The molecule has 2 rings (SSSR count). The molecule has 1 saturated heterocycles. The normalized spacial score (nSPS) is 15.4. The summed E-state index contributed by atoms with van der Waals surface area (Å²) >= 11 is 1.49. The Hall–Kier alpha value is -1.18. The summed E-state index contributed by atoms with van der Waals surface area (Å²) in [4.78, 5) is 18.8. The summed E-state index contributed by atoms with van der Waals surface area (Å²) in [5.41, 5.74) is 0.516. The van der Waals surface area contributed by atoms with E-state index in [0.29, 0.717) is 5.69 Å². The smallest absolute Gasteiger partial charge is 0.270 e. The number of hydrogen-bond donors (Lipinski definition) is 2. The lowest BCUT2D eigenvalue weighted by Gasteiger charge is -2.26. The molecule has 1 aliphatic rings. The van der Waals surface area contributed by atoms with Crippen molar-refractivity contribution in [3.63, 3.8) is 0 Å². The fourth-order valence-corrected chi connectivity index (χ4v) is 3.35. The molecule has 1 aromatic rings. The van der Waals surface area contributed by atoms with Crippen molar-refractivity contribution in [2.24, 2.45) is 0 Å². The van der Waals surface area contributed by atoms with Crippen molar-refractivity contribution >= 4 is 22.4 Å². The van der Waals surface area contributed by atoms with Crippen molar-refractivity contribution in [2.45, 2.75) is 39.0 Å². The van der Waals surface area contributed by atoms with Gasteiger partial charge in [-0.25, -0.2) is 4.98 Å². The molecule has 2 N–H and O–H groups in total. The molecule has 1 amide bonds. The van der Waals surface area contributed by atoms with E-state index in [1.54, 1.807) is 0 Å². The average molecular weight is 355 g/mol. The molecule has 24 heavy (non-hydrogen) atoms. The molecule has 0 bridgehead atoms. The van der Waals surface area contributed by atoms with Gasteiger partial charge in [-0.1, -0.05) is 32.6 Å². The molecule has 0 spiro atoms. The number of ether oxygens (including phenoxy) is 1. The topological polar surface area (TPSA) is 66.5 Å². The SMILES string of the molecule is CCCCCCCNC(=O)c1csc(NCCN2CCOCC2)n1. The third kappa shape index (κ3) is 7.15. The van der Waals surface area contributed by atoms with E-state index in [2.05, 4.69) is 27.4 Å². The van der Waals surface area contributed by atoms with Gasteiger partial charge in [0.05, 0.1) is 13.2 Å². The van der Waals surface area contributed by atoms with Gasteiger partial charge < -0.3 is 15.4 Å². The maximum Gasteiger partial charge on any atom is 0.270 e. The minimum Gasteiger partial charge on any atom is -0.379 e. The van der Waals surface area contributed by atoms with Gasteiger partial charge in [0.15, 0.2) is 5.13 Å². The standard InChI is InChI=1S/C17H30N4O2S/c1-2-3-4-5-6-7-18-16(22)15-14-24-17(20-15)19-8-9-21-10-12-23-13-11-21/h14H,2-13H2,1H3,(H,18,22)(H,19,20). The Morgan fingerprint density at radius 2 is 2.04 bits per heavy atom. The first-order chi connectivity index (χ1) is 11.8. The number of carbonyl (C=O) groups is 1. The first-order valence-corrected chi connectivity index (χ1v) is 9.95. The minimum atomic E-state index is -0.0667. The quantitative estimate of drug-likeness (QED) is 0.598. The number of nitrogens with zero attached hydrogens (tertiary/aromatic N) is 2. The molecule has 6 nitrogen and oxygen atoms in total. The van der Waals surface area contributed by atoms with Crippen LogP contribution < -0.4 is 10.6 Å². The van der Waals surface area contributed by atoms with Crippen LogP contribution >= 0.6 is 11.3 Å². The maximum atomic E-state index is 12.1. The van der Waals surface area contributed by atoms with Crippen molar-refractivity contribution in [3.8, 4) is 0 Å². The van der Waals surface area contributed by atoms with Gasteiger partial charge in [0, 0.05) is 38.1 Å². The van der Waals surface area contributed by atoms with E-state index in [0.717, 1.165) is 57.5 Å². The van der Waals surface area contributed by atoms with Gasteiger partial charge in [0.1, 0.15) is 5.69 Å². The van der Waals surface area contributed by atoms with Crippen LogP contribution in [-0.4, -0.2) is 61.7 Å². The van der Waals surface area contributed by atoms with E-state index in [1.807, 2.05) is 5.38 Å². The van der Waals surface area contributed by atoms with Crippen LogP contribution in [0.4, 0.5) is 5.13 Å². The second-order valence-electron chi connectivity index (χ2n) is 6.09. The molecular weight excluding hydrogens is 324 g/mol. The second-order valence-corrected chi connectivity index (χ2v) is 6.95. The highest BCUT2D eigenvalue weighted by atomic mass is 32.1. The molecule has 0 unspecified atom stereocenters. The van der Waals surface area contributed by atoms with E-state index < -0.39 is 0 Å². The zero-order chi connectivity index (χ0) is 17.0. The fourth-order valence-electron chi connectivity index (χ4n) is 2.63. The molecule has 0 radical (unpaired) electrons. The van der Waals surface area contributed by atoms with Crippen molar-refractivity contribution in [1.82, 2.24) is 15.2 Å². The Morgan fingerprint density at radius 3 is 2.83 bits per heavy atom. The van der Waals surface area contributed by atoms with Crippen molar-refractivity contribution < 1.29 is 9.53 Å². The molecule has 0 atom stereocenters. The number of aromatic nitrogens is 1. The largest absolute Gasteiger partial charge is 0.379 e. The summed E-state index contributed by atoms with van der Waals surface area (Å²) in [7, 11) is 0. The monoisotopic (exact) mass is 354 g/mol. The van der Waals surface area contributed by atoms with Gasteiger partial charge in [0.25, 0.3) is 5.91 Å². The first-order valence-electron chi connectivity index (χ1n) is 9.07. The van der Waals surface area contributed by atoms with Gasteiger partial charge in [-0.15, -0.1) is 11.3 Å². The third-order valence-electron chi connectivity index (χ3n) is 4.11. The number of hydrogen-bond acceptors (Lipinski definition) is 6. The molecule has 2 heterocycles. The Bertz CT molecular complexity index is 475. The van der Waals surface area contributed by atoms with E-state index in [-0.39, 0.29) is 5.91 Å². The predicted molar refractivity (Wildman–Crippen MR) is 99.0 cm³/mol. The van der Waals surface area contributed by atoms with Crippen LogP contribution in [0, 0.1) is 0 Å². The van der Waals surface area contributed by atoms with Crippen molar-refractivity contribution in [3.05, 3.63) is 11.1 Å². The predicted octanol–water partition coefficient (Wildman–Crippen LogP) is 2.59. The van der Waals surface area contributed by atoms with Gasteiger partial charge in [0.2, 0.25) is 0 Å². The lowest BCUT2D eigenvalue weighted by atomic mass is 10.1. The molecule has 7 heteroatoms. The lowest BCUT2D eigenvalue weighted by Crippen LogP contribution is -2.39. The molecule has 1 aromatic heterocycles. The number of morpholine rings is 1. The van der Waals surface area contributed by atoms with Crippen LogP contribution in [0.3, 0.4) is 0 Å². The van der Waals surface area contributed by atoms with Crippen molar-refractivity contribution in [1.29, 1.82) is 0 Å². The molecule has 0 aliphatic carbocycles. The number of rotatable bonds is 11. The number of amides is 1. The van der Waals surface area contributed by atoms with Crippen molar-refractivity contribution in [2.75, 3.05) is 51.3 Å². The molecule has 1 aliphatic heterocycles. The second kappa shape index (κ2) is 11.4. The van der Waals surface area contributed by atoms with E-state index in [4.69, 9.17) is 4.74 Å². The molecule has 0 saturated carbocycles. The number of unbranched alkanes of at least 4 members (excludes halogenated alkanes) is 4. The first kappa shape index (κ1) is 19.1. The summed E-state index contributed by atoms with van der Waals surface area (Å²) < 4.78 is 5.34. The highest BCUT2D eigenvalue weighted by Crippen LogP contribution is 2.15. The minimum absolute atomic E-state index is 0.0667. The Morgan fingerprint density at radius 1 is 1.25 bits per heavy atom. The summed E-state index contributed by atoms with van der Waals surface area (Å²) in [5, 5.41) is 8.89. The summed E-state index contributed by atoms with van der Waals surface area (Å²) in [6.07, 6.45) is 5.99. The average Bonchev–Trinajstić information content (AvgIpc) is 3.08. The maximum absolute atomic E-state index is 12.1. The number of thiazole rings is 1. The van der Waals surface area contributed by atoms with Crippen LogP contribution in [-0.2, 0) is 4.74 Å². The number of anilines is 1. The zero-order valence-corrected chi connectivity index (χ0v) is 15.5. The van der Waals surface area contributed by atoms with Gasteiger partial charge in [-0.05, 0) is 6.42 Å². The molecular formula is C17H30N4O2S. The van der Waals surface area contributed by atoms with Crippen LogP contribution in [0.1, 0.15) is 49.5 Å². The van der Waals surface area contributed by atoms with Gasteiger partial charge in [-0.3, -0.25) is 9.69 Å². The van der Waals surface area contributed by atoms with E-state index in [9.17, 15) is 4.79 Å². The van der Waals surface area contributed by atoms with Crippen LogP contribution in [0.25, 0.3) is 0 Å². The van der Waals surface area contributed by atoms with Crippen LogP contribution in [0.2, 0.25) is 0 Å². The summed E-state index contributed by atoms with van der Waals surface area (Å²) in [6.45, 7) is 8.38. The lowest BCUT2D eigenvalue weighted by molar-refractivity contribution is 0.0398. The Kier molecular flexibility index (Phi) is 9.09. The summed E-state index contributed by atoms with van der Waals surface area (Å²) in [5.74, 6) is -0.0667. The summed E-state index contributed by atoms with van der Waals surface area (Å²) in [6, 6.07) is 0. The fraction of sp³-hybridized carbons (Fsp3) is 0.765. The number of nitrogens with one attached hydrogen (secondary N) is 2. The third-order valence-corrected chi connectivity index (χ3v) is 4.91. The molecule has 1 fully saturated rings. The van der Waals surface area contributed by atoms with E-state index >= 15 is 0 Å². The Balaban J connectivity index is 1.59. The molecule has 136 valence electrons. The molecule has 0 aromatic carbocycles. The van der Waals surface area contributed by atoms with Crippen LogP contribution in [0.5, 0.6) is 0 Å². The zero-order valence-electron chi connectivity index (χ0n) is 14.7.